The van der Waals surface area contributed by atoms with Gasteiger partial charge in [-0.05, 0) is 60.7 Å². The van der Waals surface area contributed by atoms with Crippen LogP contribution in [0.2, 0.25) is 5.02 Å². The van der Waals surface area contributed by atoms with Gasteiger partial charge in [0.15, 0.2) is 21.4 Å². The minimum Gasteiger partial charge on any atom is -0.497 e. The molecule has 0 spiro atoms. The zero-order valence-corrected chi connectivity index (χ0v) is 20.8. The highest BCUT2D eigenvalue weighted by molar-refractivity contribution is 7.90. The van der Waals surface area contributed by atoms with Crippen LogP contribution in [0.25, 0.3) is 11.4 Å². The Balaban J connectivity index is 1.77. The standard InChI is InChI=1S/C24H18ClF3N4O4S/c1-35-16-10-6-14(7-11-16)21-30-22(29-15-8-12-17(13-9-15)37(2,33)34)32-23(31-21)36-20-18(24(26,27)28)4-3-5-19(20)25/h3-13H,1-2H3,(H,29,30,31,32). The summed E-state index contributed by atoms with van der Waals surface area (Å²) in [7, 11) is -1.90. The Morgan fingerprint density at radius 1 is 0.919 bits per heavy atom. The van der Waals surface area contributed by atoms with Gasteiger partial charge in [0.25, 0.3) is 0 Å². The van der Waals surface area contributed by atoms with Gasteiger partial charge < -0.3 is 14.8 Å². The minimum absolute atomic E-state index is 0.0662. The average Bonchev–Trinajstić information content (AvgIpc) is 2.84. The van der Waals surface area contributed by atoms with Crippen LogP contribution in [0.4, 0.5) is 24.8 Å². The van der Waals surface area contributed by atoms with E-state index in [0.717, 1.165) is 18.4 Å². The maximum Gasteiger partial charge on any atom is 0.420 e. The van der Waals surface area contributed by atoms with Gasteiger partial charge in [0, 0.05) is 17.5 Å². The summed E-state index contributed by atoms with van der Waals surface area (Å²) >= 11 is 6.02. The number of sulfone groups is 1. The number of methoxy groups -OCH3 is 1. The molecule has 37 heavy (non-hydrogen) atoms. The number of rotatable bonds is 7. The number of benzene rings is 3. The molecule has 1 N–H and O–H groups in total. The highest BCUT2D eigenvalue weighted by Crippen LogP contribution is 2.41. The second kappa shape index (κ2) is 10.2. The molecular formula is C24H18ClF3N4O4S. The molecule has 8 nitrogen and oxygen atoms in total. The number of para-hydroxylation sites is 1. The van der Waals surface area contributed by atoms with Crippen molar-refractivity contribution in [2.45, 2.75) is 11.1 Å². The number of nitrogens with zero attached hydrogens (tertiary/aromatic N) is 3. The Morgan fingerprint density at radius 3 is 2.19 bits per heavy atom. The summed E-state index contributed by atoms with van der Waals surface area (Å²) in [6.07, 6.45) is -3.66. The smallest absolute Gasteiger partial charge is 0.420 e. The fourth-order valence-corrected chi connectivity index (χ4v) is 4.01. The quantitative estimate of drug-likeness (QED) is 0.292. The Morgan fingerprint density at radius 2 is 1.59 bits per heavy atom. The molecule has 13 heteroatoms. The van der Waals surface area contributed by atoms with E-state index in [1.807, 2.05) is 0 Å². The van der Waals surface area contributed by atoms with Crippen molar-refractivity contribution in [3.63, 3.8) is 0 Å². The number of alkyl halides is 3. The monoisotopic (exact) mass is 550 g/mol. The average molecular weight is 551 g/mol. The predicted molar refractivity (Wildman–Crippen MR) is 131 cm³/mol. The van der Waals surface area contributed by atoms with Crippen LogP contribution in [0, 0.1) is 0 Å². The lowest BCUT2D eigenvalue weighted by atomic mass is 10.2. The molecule has 4 rings (SSSR count). The second-order valence-electron chi connectivity index (χ2n) is 7.63. The van der Waals surface area contributed by atoms with Crippen LogP contribution in [0.1, 0.15) is 5.56 Å². The highest BCUT2D eigenvalue weighted by atomic mass is 35.5. The van der Waals surface area contributed by atoms with Crippen LogP contribution < -0.4 is 14.8 Å². The Labute approximate surface area is 215 Å². The van der Waals surface area contributed by atoms with E-state index >= 15 is 0 Å². The van der Waals surface area contributed by atoms with E-state index < -0.39 is 33.3 Å². The summed E-state index contributed by atoms with van der Waals surface area (Å²) in [5.74, 6) is -0.0662. The first-order chi connectivity index (χ1) is 17.4. The van der Waals surface area contributed by atoms with Crippen LogP contribution >= 0.6 is 11.6 Å². The normalized spacial score (nSPS) is 11.7. The maximum atomic E-state index is 13.6. The second-order valence-corrected chi connectivity index (χ2v) is 10.1. The fraction of sp³-hybridized carbons (Fsp3) is 0.125. The first kappa shape index (κ1) is 26.2. The topological polar surface area (TPSA) is 103 Å². The van der Waals surface area contributed by atoms with Gasteiger partial charge in [-0.15, -0.1) is 0 Å². The molecule has 0 amide bonds. The number of halogens is 4. The number of hydrogen-bond donors (Lipinski definition) is 1. The predicted octanol–water partition coefficient (Wildman–Crippen LogP) is 6.16. The molecule has 3 aromatic carbocycles. The summed E-state index contributed by atoms with van der Waals surface area (Å²) in [5, 5.41) is 2.60. The molecule has 0 aliphatic carbocycles. The van der Waals surface area contributed by atoms with Crippen LogP contribution in [-0.4, -0.2) is 36.7 Å². The molecule has 0 aliphatic heterocycles. The Kier molecular flexibility index (Phi) is 7.23. The van der Waals surface area contributed by atoms with E-state index in [4.69, 9.17) is 21.1 Å². The third-order valence-electron chi connectivity index (χ3n) is 4.97. The summed E-state index contributed by atoms with van der Waals surface area (Å²) in [5.41, 5.74) is -0.185. The number of nitrogens with one attached hydrogen (secondary N) is 1. The number of ether oxygens (including phenoxy) is 2. The molecule has 0 bridgehead atoms. The molecular weight excluding hydrogens is 533 g/mol. The van der Waals surface area contributed by atoms with Crippen LogP contribution in [-0.2, 0) is 16.0 Å². The van der Waals surface area contributed by atoms with E-state index in [0.29, 0.717) is 17.0 Å². The van der Waals surface area contributed by atoms with Crippen molar-refractivity contribution >= 4 is 33.1 Å². The van der Waals surface area contributed by atoms with Crippen molar-refractivity contribution in [2.24, 2.45) is 0 Å². The molecule has 1 aromatic heterocycles. The van der Waals surface area contributed by atoms with Crippen molar-refractivity contribution in [2.75, 3.05) is 18.7 Å². The number of anilines is 2. The minimum atomic E-state index is -4.74. The van der Waals surface area contributed by atoms with E-state index in [-0.39, 0.29) is 21.7 Å². The van der Waals surface area contributed by atoms with Gasteiger partial charge in [-0.2, -0.15) is 28.1 Å². The van der Waals surface area contributed by atoms with E-state index in [9.17, 15) is 21.6 Å². The molecule has 0 fully saturated rings. The zero-order valence-electron chi connectivity index (χ0n) is 19.2. The van der Waals surface area contributed by atoms with Gasteiger partial charge in [0.2, 0.25) is 5.95 Å². The first-order valence-corrected chi connectivity index (χ1v) is 12.7. The van der Waals surface area contributed by atoms with E-state index in [1.165, 1.54) is 37.4 Å². The highest BCUT2D eigenvalue weighted by Gasteiger charge is 2.36. The molecule has 0 atom stereocenters. The Hall–Kier alpha value is -3.90. The third kappa shape index (κ3) is 6.27. The lowest BCUT2D eigenvalue weighted by Gasteiger charge is -2.15. The van der Waals surface area contributed by atoms with Crippen molar-refractivity contribution in [1.29, 1.82) is 0 Å². The van der Waals surface area contributed by atoms with Gasteiger partial charge in [0.05, 0.1) is 22.6 Å². The van der Waals surface area contributed by atoms with Crippen molar-refractivity contribution in [3.8, 4) is 28.9 Å². The van der Waals surface area contributed by atoms with Crippen molar-refractivity contribution < 1.29 is 31.1 Å². The first-order valence-electron chi connectivity index (χ1n) is 10.5. The summed E-state index contributed by atoms with van der Waals surface area (Å²) in [6, 6.07) is 15.2. The fourth-order valence-electron chi connectivity index (χ4n) is 3.17. The van der Waals surface area contributed by atoms with Crippen molar-refractivity contribution in [1.82, 2.24) is 15.0 Å². The number of hydrogen-bond acceptors (Lipinski definition) is 8. The van der Waals surface area contributed by atoms with Crippen LogP contribution in [0.15, 0.2) is 71.6 Å². The molecule has 1 heterocycles. The van der Waals surface area contributed by atoms with Gasteiger partial charge in [-0.25, -0.2) is 8.42 Å². The van der Waals surface area contributed by atoms with Crippen molar-refractivity contribution in [3.05, 3.63) is 77.3 Å². The molecule has 192 valence electrons. The summed E-state index contributed by atoms with van der Waals surface area (Å²) in [4.78, 5) is 12.7. The maximum absolute atomic E-state index is 13.6. The summed E-state index contributed by atoms with van der Waals surface area (Å²) in [6.45, 7) is 0. The van der Waals surface area contributed by atoms with Gasteiger partial charge >= 0.3 is 12.2 Å². The van der Waals surface area contributed by atoms with Crippen LogP contribution in [0.5, 0.6) is 17.5 Å². The zero-order chi connectivity index (χ0) is 26.8. The van der Waals surface area contributed by atoms with Gasteiger partial charge in [0.1, 0.15) is 5.75 Å². The lowest BCUT2D eigenvalue weighted by molar-refractivity contribution is -0.138. The number of aromatic nitrogens is 3. The van der Waals surface area contributed by atoms with E-state index in [2.05, 4.69) is 20.3 Å². The SMILES string of the molecule is COc1ccc(-c2nc(Nc3ccc(S(C)(=O)=O)cc3)nc(Oc3c(Cl)cccc3C(F)(F)F)n2)cc1. The van der Waals surface area contributed by atoms with Gasteiger partial charge in [-0.3, -0.25) is 0 Å². The largest absolute Gasteiger partial charge is 0.497 e. The molecule has 0 aliphatic rings. The van der Waals surface area contributed by atoms with E-state index in [1.54, 1.807) is 24.3 Å². The molecule has 0 unspecified atom stereocenters. The molecule has 0 saturated carbocycles. The molecule has 0 radical (unpaired) electrons. The van der Waals surface area contributed by atoms with Crippen LogP contribution in [0.3, 0.4) is 0 Å². The third-order valence-corrected chi connectivity index (χ3v) is 6.39. The van der Waals surface area contributed by atoms with Gasteiger partial charge in [-0.1, -0.05) is 17.7 Å². The summed E-state index contributed by atoms with van der Waals surface area (Å²) < 4.78 is 74.8. The molecule has 0 saturated heterocycles. The molecule has 4 aromatic rings. The lowest BCUT2D eigenvalue weighted by Crippen LogP contribution is -2.09. The Bertz CT molecular complexity index is 1530.